The van der Waals surface area contributed by atoms with Crippen molar-refractivity contribution in [1.82, 2.24) is 4.98 Å². The van der Waals surface area contributed by atoms with E-state index in [1.165, 1.54) is 65.3 Å². The largest absolute Gasteiger partial charge is 0.355 e. The number of hydrogen-bond acceptors (Lipinski definition) is 0. The van der Waals surface area contributed by atoms with E-state index in [4.69, 9.17) is 0 Å². The first kappa shape index (κ1) is 15.1. The quantitative estimate of drug-likeness (QED) is 0.284. The fourth-order valence-electron chi connectivity index (χ4n) is 5.00. The summed E-state index contributed by atoms with van der Waals surface area (Å²) in [6, 6.07) is 35.5. The standard InChI is InChI=1S/C28H17N/c1-2-7-25-22(6-1)24-16-20(12-15-26(24)29-25)21-13-10-19-9-8-17-4-3-5-18-11-14-23(21)28(19)27(17)18/h1-16,29H. The van der Waals surface area contributed by atoms with Gasteiger partial charge < -0.3 is 4.98 Å². The molecule has 0 saturated heterocycles. The number of hydrogen-bond donors (Lipinski definition) is 1. The fraction of sp³-hybridized carbons (Fsp3) is 0. The summed E-state index contributed by atoms with van der Waals surface area (Å²) in [4.78, 5) is 3.53. The van der Waals surface area contributed by atoms with Gasteiger partial charge in [0.05, 0.1) is 0 Å². The lowest BCUT2D eigenvalue weighted by molar-refractivity contribution is 1.55. The minimum absolute atomic E-state index is 1.19. The zero-order chi connectivity index (χ0) is 18.9. The van der Waals surface area contributed by atoms with Gasteiger partial charge in [-0.05, 0) is 61.6 Å². The van der Waals surface area contributed by atoms with Crippen LogP contribution in [-0.4, -0.2) is 4.98 Å². The highest BCUT2D eigenvalue weighted by molar-refractivity contribution is 6.25. The van der Waals surface area contributed by atoms with Crippen LogP contribution in [0, 0.1) is 0 Å². The van der Waals surface area contributed by atoms with Crippen LogP contribution in [0.3, 0.4) is 0 Å². The lowest BCUT2D eigenvalue weighted by Crippen LogP contribution is -1.87. The Balaban J connectivity index is 1.60. The van der Waals surface area contributed by atoms with Gasteiger partial charge in [-0.1, -0.05) is 78.9 Å². The van der Waals surface area contributed by atoms with Crippen molar-refractivity contribution < 1.29 is 0 Å². The van der Waals surface area contributed by atoms with Crippen molar-refractivity contribution in [3.8, 4) is 11.1 Å². The van der Waals surface area contributed by atoms with Crippen molar-refractivity contribution in [1.29, 1.82) is 0 Å². The van der Waals surface area contributed by atoms with Crippen LogP contribution >= 0.6 is 0 Å². The highest BCUT2D eigenvalue weighted by Gasteiger charge is 2.13. The summed E-state index contributed by atoms with van der Waals surface area (Å²) in [5, 5.41) is 10.6. The van der Waals surface area contributed by atoms with E-state index in [1.54, 1.807) is 0 Å². The zero-order valence-electron chi connectivity index (χ0n) is 15.7. The van der Waals surface area contributed by atoms with E-state index < -0.39 is 0 Å². The van der Waals surface area contributed by atoms with Crippen LogP contribution in [0.5, 0.6) is 0 Å². The molecule has 7 aromatic rings. The van der Waals surface area contributed by atoms with Crippen LogP contribution in [-0.2, 0) is 0 Å². The molecule has 0 bridgehead atoms. The number of para-hydroxylation sites is 1. The number of aromatic nitrogens is 1. The average Bonchev–Trinajstić information content (AvgIpc) is 3.15. The van der Waals surface area contributed by atoms with Crippen LogP contribution in [0.4, 0.5) is 0 Å². The van der Waals surface area contributed by atoms with Gasteiger partial charge in [0.15, 0.2) is 0 Å². The maximum atomic E-state index is 3.53. The Morgan fingerprint density at radius 3 is 2.07 bits per heavy atom. The van der Waals surface area contributed by atoms with Crippen molar-refractivity contribution in [2.45, 2.75) is 0 Å². The molecule has 0 amide bonds. The Bertz CT molecular complexity index is 1680. The number of H-pyrrole nitrogens is 1. The van der Waals surface area contributed by atoms with Crippen molar-refractivity contribution in [3.63, 3.8) is 0 Å². The summed E-state index contributed by atoms with van der Waals surface area (Å²) in [7, 11) is 0. The molecule has 0 atom stereocenters. The maximum Gasteiger partial charge on any atom is 0.0465 e. The van der Waals surface area contributed by atoms with Crippen LogP contribution in [0.2, 0.25) is 0 Å². The van der Waals surface area contributed by atoms with E-state index >= 15 is 0 Å². The SMILES string of the molecule is c1cc2ccc3ccc(-c4ccc5[nH]c6ccccc6c5c4)c4ccc(c1)c2c34. The Morgan fingerprint density at radius 1 is 0.448 bits per heavy atom. The van der Waals surface area contributed by atoms with E-state index in [0.717, 1.165) is 0 Å². The third-order valence-electron chi connectivity index (χ3n) is 6.35. The highest BCUT2D eigenvalue weighted by Crippen LogP contribution is 2.40. The molecule has 1 heteroatoms. The molecule has 6 aromatic carbocycles. The third kappa shape index (κ3) is 1.99. The number of rotatable bonds is 1. The molecule has 1 aromatic heterocycles. The molecule has 1 nitrogen and oxygen atoms in total. The van der Waals surface area contributed by atoms with Crippen molar-refractivity contribution >= 4 is 54.1 Å². The van der Waals surface area contributed by atoms with Crippen LogP contribution < -0.4 is 0 Å². The van der Waals surface area contributed by atoms with Crippen LogP contribution in [0.25, 0.3) is 65.3 Å². The Morgan fingerprint density at radius 2 is 1.17 bits per heavy atom. The topological polar surface area (TPSA) is 15.8 Å². The maximum absolute atomic E-state index is 3.53. The number of fused-ring (bicyclic) bond motifs is 3. The number of benzene rings is 6. The molecular formula is C28H17N. The molecule has 29 heavy (non-hydrogen) atoms. The minimum atomic E-state index is 1.19. The molecular weight excluding hydrogens is 350 g/mol. The predicted molar refractivity (Wildman–Crippen MR) is 125 cm³/mol. The summed E-state index contributed by atoms with van der Waals surface area (Å²) in [6.45, 7) is 0. The second-order valence-corrected chi connectivity index (χ2v) is 7.90. The monoisotopic (exact) mass is 367 g/mol. The summed E-state index contributed by atoms with van der Waals surface area (Å²) in [5.74, 6) is 0. The van der Waals surface area contributed by atoms with Crippen molar-refractivity contribution in [3.05, 3.63) is 97.1 Å². The van der Waals surface area contributed by atoms with Gasteiger partial charge in [-0.25, -0.2) is 0 Å². The molecule has 1 heterocycles. The van der Waals surface area contributed by atoms with Crippen molar-refractivity contribution in [2.75, 3.05) is 0 Å². The van der Waals surface area contributed by atoms with E-state index in [0.29, 0.717) is 0 Å². The minimum Gasteiger partial charge on any atom is -0.355 e. The van der Waals surface area contributed by atoms with Crippen LogP contribution in [0.15, 0.2) is 97.1 Å². The summed E-state index contributed by atoms with van der Waals surface area (Å²) >= 11 is 0. The van der Waals surface area contributed by atoms with Gasteiger partial charge in [-0.3, -0.25) is 0 Å². The van der Waals surface area contributed by atoms with E-state index in [2.05, 4.69) is 102 Å². The normalized spacial score (nSPS) is 12.1. The molecule has 7 rings (SSSR count). The molecule has 0 saturated carbocycles. The summed E-state index contributed by atoms with van der Waals surface area (Å²) in [6.07, 6.45) is 0. The van der Waals surface area contributed by atoms with Gasteiger partial charge in [0, 0.05) is 21.8 Å². The lowest BCUT2D eigenvalue weighted by Gasteiger charge is -2.14. The zero-order valence-corrected chi connectivity index (χ0v) is 15.7. The highest BCUT2D eigenvalue weighted by atomic mass is 14.7. The molecule has 0 unspecified atom stereocenters. The Hall–Kier alpha value is -3.84. The second-order valence-electron chi connectivity index (χ2n) is 7.90. The third-order valence-corrected chi connectivity index (χ3v) is 6.35. The predicted octanol–water partition coefficient (Wildman–Crippen LogP) is 7.89. The molecule has 0 aliphatic carbocycles. The molecule has 0 spiro atoms. The van der Waals surface area contributed by atoms with Gasteiger partial charge in [0.1, 0.15) is 0 Å². The fourth-order valence-corrected chi connectivity index (χ4v) is 5.00. The summed E-state index contributed by atoms with van der Waals surface area (Å²) < 4.78 is 0. The van der Waals surface area contributed by atoms with Gasteiger partial charge in [-0.2, -0.15) is 0 Å². The Labute approximate surface area is 167 Å². The van der Waals surface area contributed by atoms with Gasteiger partial charge in [0.2, 0.25) is 0 Å². The van der Waals surface area contributed by atoms with E-state index in [9.17, 15) is 0 Å². The first-order valence-electron chi connectivity index (χ1n) is 10.0. The molecule has 0 fully saturated rings. The lowest BCUT2D eigenvalue weighted by atomic mass is 9.89. The second kappa shape index (κ2) is 5.36. The Kier molecular flexibility index (Phi) is 2.80. The molecule has 0 radical (unpaired) electrons. The van der Waals surface area contributed by atoms with Crippen molar-refractivity contribution in [2.24, 2.45) is 0 Å². The first-order chi connectivity index (χ1) is 14.4. The molecule has 1 N–H and O–H groups in total. The first-order valence-corrected chi connectivity index (χ1v) is 10.0. The van der Waals surface area contributed by atoms with E-state index in [-0.39, 0.29) is 0 Å². The van der Waals surface area contributed by atoms with Crippen LogP contribution in [0.1, 0.15) is 0 Å². The smallest absolute Gasteiger partial charge is 0.0465 e. The van der Waals surface area contributed by atoms with Gasteiger partial charge in [0.25, 0.3) is 0 Å². The number of nitrogens with one attached hydrogen (secondary N) is 1. The molecule has 0 aliphatic heterocycles. The van der Waals surface area contributed by atoms with Gasteiger partial charge >= 0.3 is 0 Å². The van der Waals surface area contributed by atoms with E-state index in [1.807, 2.05) is 0 Å². The molecule has 0 aliphatic rings. The van der Waals surface area contributed by atoms with Gasteiger partial charge in [-0.15, -0.1) is 0 Å². The summed E-state index contributed by atoms with van der Waals surface area (Å²) in [5.41, 5.74) is 4.94. The average molecular weight is 367 g/mol. The molecule has 134 valence electrons. The number of aromatic amines is 1.